The smallest absolute Gasteiger partial charge is 0.123 e. The summed E-state index contributed by atoms with van der Waals surface area (Å²) in [6.45, 7) is 3.14. The lowest BCUT2D eigenvalue weighted by Gasteiger charge is -2.21. The van der Waals surface area contributed by atoms with Crippen molar-refractivity contribution in [3.05, 3.63) is 38.8 Å². The van der Waals surface area contributed by atoms with Crippen LogP contribution in [0.4, 0.5) is 0 Å². The number of thiazole rings is 1. The molecule has 0 radical (unpaired) electrons. The van der Waals surface area contributed by atoms with Crippen molar-refractivity contribution in [1.29, 1.82) is 0 Å². The van der Waals surface area contributed by atoms with Gasteiger partial charge in [-0.05, 0) is 37.9 Å². The average molecular weight is 327 g/mol. The Hall–Kier alpha value is -0.610. The monoisotopic (exact) mass is 326 g/mol. The van der Waals surface area contributed by atoms with Gasteiger partial charge in [-0.25, -0.2) is 4.98 Å². The molecule has 0 saturated carbocycles. The molecule has 20 heavy (non-hydrogen) atoms. The van der Waals surface area contributed by atoms with E-state index >= 15 is 0 Å². The fourth-order valence-corrected chi connectivity index (χ4v) is 4.13. The Morgan fingerprint density at radius 1 is 1.35 bits per heavy atom. The van der Waals surface area contributed by atoms with Gasteiger partial charge in [0.05, 0.1) is 15.7 Å². The Labute approximate surface area is 133 Å². The van der Waals surface area contributed by atoms with Gasteiger partial charge in [0.15, 0.2) is 0 Å². The lowest BCUT2D eigenvalue weighted by atomic mass is 9.98. The zero-order chi connectivity index (χ0) is 14.1. The highest BCUT2D eigenvalue weighted by Crippen LogP contribution is 2.39. The molecule has 0 saturated heterocycles. The molecule has 1 aromatic heterocycles. The van der Waals surface area contributed by atoms with E-state index in [0.717, 1.165) is 23.5 Å². The maximum absolute atomic E-state index is 6.10. The maximum atomic E-state index is 6.10. The maximum Gasteiger partial charge on any atom is 0.123 e. The topological polar surface area (TPSA) is 24.9 Å². The minimum absolute atomic E-state index is 0.456. The van der Waals surface area contributed by atoms with Crippen LogP contribution in [0, 0.1) is 0 Å². The van der Waals surface area contributed by atoms with Crippen LogP contribution in [0.1, 0.15) is 36.4 Å². The normalized spacial score (nSPS) is 18.1. The van der Waals surface area contributed by atoms with Crippen molar-refractivity contribution in [3.63, 3.8) is 0 Å². The third kappa shape index (κ3) is 2.73. The number of hydrogen-bond acceptors (Lipinski definition) is 3. The summed E-state index contributed by atoms with van der Waals surface area (Å²) in [5.41, 5.74) is 2.29. The van der Waals surface area contributed by atoms with Gasteiger partial charge < -0.3 is 5.32 Å². The summed E-state index contributed by atoms with van der Waals surface area (Å²) in [7, 11) is 0. The van der Waals surface area contributed by atoms with Crippen LogP contribution in [0.2, 0.25) is 10.0 Å². The van der Waals surface area contributed by atoms with E-state index in [9.17, 15) is 0 Å². The van der Waals surface area contributed by atoms with Crippen molar-refractivity contribution in [2.24, 2.45) is 0 Å². The molecule has 0 bridgehead atoms. The number of halogens is 2. The first-order valence-electron chi connectivity index (χ1n) is 6.87. The van der Waals surface area contributed by atoms with Crippen LogP contribution < -0.4 is 5.32 Å². The molecule has 0 aliphatic heterocycles. The lowest BCUT2D eigenvalue weighted by Crippen LogP contribution is -2.23. The molecule has 2 nitrogen and oxygen atoms in total. The van der Waals surface area contributed by atoms with Crippen LogP contribution in [-0.4, -0.2) is 11.5 Å². The van der Waals surface area contributed by atoms with Crippen molar-refractivity contribution in [2.45, 2.75) is 32.2 Å². The van der Waals surface area contributed by atoms with Gasteiger partial charge in [-0.3, -0.25) is 0 Å². The van der Waals surface area contributed by atoms with E-state index in [1.54, 1.807) is 11.3 Å². The van der Waals surface area contributed by atoms with Crippen molar-refractivity contribution in [3.8, 4) is 10.6 Å². The SMILES string of the molecule is CCNC1CCCc2nc(-c3ccc(Cl)c(Cl)c3)sc21. The molecule has 5 heteroatoms. The number of hydrogen-bond donors (Lipinski definition) is 1. The van der Waals surface area contributed by atoms with Gasteiger partial charge in [0.25, 0.3) is 0 Å². The number of aromatic nitrogens is 1. The van der Waals surface area contributed by atoms with Gasteiger partial charge in [0.2, 0.25) is 0 Å². The Morgan fingerprint density at radius 3 is 2.95 bits per heavy atom. The largest absolute Gasteiger partial charge is 0.309 e. The second kappa shape index (κ2) is 6.02. The molecule has 0 amide bonds. The van der Waals surface area contributed by atoms with Gasteiger partial charge in [-0.15, -0.1) is 11.3 Å². The second-order valence-corrected chi connectivity index (χ2v) is 6.81. The molecule has 1 atom stereocenters. The number of fused-ring (bicyclic) bond motifs is 1. The highest BCUT2D eigenvalue weighted by molar-refractivity contribution is 7.15. The minimum atomic E-state index is 0.456. The van der Waals surface area contributed by atoms with Crippen molar-refractivity contribution in [2.75, 3.05) is 6.54 Å². The summed E-state index contributed by atoms with van der Waals surface area (Å²) in [4.78, 5) is 6.19. The average Bonchev–Trinajstić information content (AvgIpc) is 2.87. The van der Waals surface area contributed by atoms with Crippen LogP contribution in [0.5, 0.6) is 0 Å². The van der Waals surface area contributed by atoms with Crippen molar-refractivity contribution >= 4 is 34.5 Å². The van der Waals surface area contributed by atoms with Crippen molar-refractivity contribution < 1.29 is 0 Å². The third-order valence-electron chi connectivity index (χ3n) is 3.57. The highest BCUT2D eigenvalue weighted by Gasteiger charge is 2.24. The van der Waals surface area contributed by atoms with Crippen LogP contribution in [0.3, 0.4) is 0 Å². The molecule has 2 aromatic rings. The second-order valence-electron chi connectivity index (χ2n) is 4.96. The lowest BCUT2D eigenvalue weighted by molar-refractivity contribution is 0.476. The Balaban J connectivity index is 1.97. The third-order valence-corrected chi connectivity index (χ3v) is 5.57. The molecule has 1 unspecified atom stereocenters. The summed E-state index contributed by atoms with van der Waals surface area (Å²) < 4.78 is 0. The number of rotatable bonds is 3. The van der Waals surface area contributed by atoms with Gasteiger partial charge >= 0.3 is 0 Å². The zero-order valence-corrected chi connectivity index (χ0v) is 13.6. The molecule has 1 N–H and O–H groups in total. The quantitative estimate of drug-likeness (QED) is 0.848. The first-order chi connectivity index (χ1) is 9.69. The van der Waals surface area contributed by atoms with E-state index in [4.69, 9.17) is 28.2 Å². The van der Waals surface area contributed by atoms with E-state index in [2.05, 4.69) is 12.2 Å². The van der Waals surface area contributed by atoms with E-state index in [1.807, 2.05) is 18.2 Å². The Morgan fingerprint density at radius 2 is 2.20 bits per heavy atom. The van der Waals surface area contributed by atoms with E-state index in [1.165, 1.54) is 23.4 Å². The molecule has 1 aromatic carbocycles. The number of aryl methyl sites for hydroxylation is 1. The molecule has 106 valence electrons. The molecule has 1 heterocycles. The summed E-state index contributed by atoms with van der Waals surface area (Å²) in [5, 5.41) is 5.76. The molecule has 1 aliphatic carbocycles. The number of benzene rings is 1. The van der Waals surface area contributed by atoms with Gasteiger partial charge in [-0.1, -0.05) is 36.2 Å². The van der Waals surface area contributed by atoms with E-state index in [0.29, 0.717) is 16.1 Å². The standard InChI is InChI=1S/C15H16Cl2N2S/c1-2-18-12-4-3-5-13-14(12)20-15(19-13)9-6-7-10(16)11(17)8-9/h6-8,12,18H,2-5H2,1H3. The summed E-state index contributed by atoms with van der Waals surface area (Å²) in [6, 6.07) is 6.18. The Kier molecular flexibility index (Phi) is 4.32. The summed E-state index contributed by atoms with van der Waals surface area (Å²) in [5.74, 6) is 0. The molecule has 0 fully saturated rings. The van der Waals surface area contributed by atoms with Crippen molar-refractivity contribution in [1.82, 2.24) is 10.3 Å². The molecule has 0 spiro atoms. The first kappa shape index (κ1) is 14.3. The molecular formula is C15H16Cl2N2S. The first-order valence-corrected chi connectivity index (χ1v) is 8.44. The summed E-state index contributed by atoms with van der Waals surface area (Å²) in [6.07, 6.45) is 3.48. The van der Waals surface area contributed by atoms with Crippen LogP contribution in [0.15, 0.2) is 18.2 Å². The number of nitrogens with one attached hydrogen (secondary N) is 1. The van der Waals surface area contributed by atoms with Gasteiger partial charge in [0, 0.05) is 16.5 Å². The fourth-order valence-electron chi connectivity index (χ4n) is 2.61. The van der Waals surface area contributed by atoms with Crippen LogP contribution in [-0.2, 0) is 6.42 Å². The zero-order valence-electron chi connectivity index (χ0n) is 11.2. The molecule has 3 rings (SSSR count). The van der Waals surface area contributed by atoms with Crippen LogP contribution in [0.25, 0.3) is 10.6 Å². The van der Waals surface area contributed by atoms with E-state index < -0.39 is 0 Å². The minimum Gasteiger partial charge on any atom is -0.309 e. The molecule has 1 aliphatic rings. The number of nitrogens with zero attached hydrogens (tertiary/aromatic N) is 1. The van der Waals surface area contributed by atoms with Gasteiger partial charge in [-0.2, -0.15) is 0 Å². The van der Waals surface area contributed by atoms with Gasteiger partial charge in [0.1, 0.15) is 5.01 Å². The molecular weight excluding hydrogens is 311 g/mol. The predicted octanol–water partition coefficient (Wildman–Crippen LogP) is 5.10. The Bertz CT molecular complexity index is 624. The van der Waals surface area contributed by atoms with E-state index in [-0.39, 0.29) is 0 Å². The fraction of sp³-hybridized carbons (Fsp3) is 0.400. The predicted molar refractivity (Wildman–Crippen MR) is 86.9 cm³/mol. The van der Waals surface area contributed by atoms with Crippen LogP contribution >= 0.6 is 34.5 Å². The highest BCUT2D eigenvalue weighted by atomic mass is 35.5. The summed E-state index contributed by atoms with van der Waals surface area (Å²) >= 11 is 13.9.